The highest BCUT2D eigenvalue weighted by atomic mass is 32.2. The van der Waals surface area contributed by atoms with Gasteiger partial charge in [0, 0.05) is 19.3 Å². The van der Waals surface area contributed by atoms with Gasteiger partial charge in [-0.3, -0.25) is 0 Å². The summed E-state index contributed by atoms with van der Waals surface area (Å²) in [6.07, 6.45) is 10.0. The molecule has 29 heavy (non-hydrogen) atoms. The van der Waals surface area contributed by atoms with Gasteiger partial charge in [-0.2, -0.15) is 0 Å². The third-order valence-corrected chi connectivity index (χ3v) is 6.82. The second-order valence-electron chi connectivity index (χ2n) is 8.65. The quantitative estimate of drug-likeness (QED) is 0.619. The molecule has 0 atom stereocenters. The van der Waals surface area contributed by atoms with Crippen LogP contribution in [0.4, 0.5) is 4.79 Å². The Hall–Kier alpha value is -1.90. The van der Waals surface area contributed by atoms with Crippen LogP contribution >= 0.6 is 0 Å². The molecule has 1 aliphatic heterocycles. The molecule has 0 bridgehead atoms. The predicted octanol–water partition coefficient (Wildman–Crippen LogP) is 3.08. The number of hydrogen-bond donors (Lipinski definition) is 0. The number of nitrogens with zero attached hydrogens (tertiary/aromatic N) is 3. The van der Waals surface area contributed by atoms with Crippen LogP contribution in [0.2, 0.25) is 0 Å². The zero-order valence-corrected chi connectivity index (χ0v) is 18.3. The molecule has 162 valence electrons. The molecule has 3 rings (SSSR count). The lowest BCUT2D eigenvalue weighted by atomic mass is 9.56. The second-order valence-corrected chi connectivity index (χ2v) is 10.6. The molecule has 0 radical (unpaired) electrons. The largest absolute Gasteiger partial charge is 0.477 e. The minimum atomic E-state index is -3.34. The van der Waals surface area contributed by atoms with Crippen LogP contribution in [0.3, 0.4) is 0 Å². The molecule has 2 aliphatic rings. The molecule has 9 heteroatoms. The van der Waals surface area contributed by atoms with Crippen LogP contribution in [-0.2, 0) is 14.6 Å². The van der Waals surface area contributed by atoms with E-state index in [2.05, 4.69) is 9.97 Å². The van der Waals surface area contributed by atoms with Gasteiger partial charge in [0.25, 0.3) is 0 Å². The molecule has 1 aromatic heterocycles. The molecule has 1 amide bonds. The van der Waals surface area contributed by atoms with E-state index in [0.717, 1.165) is 45.0 Å². The van der Waals surface area contributed by atoms with Gasteiger partial charge >= 0.3 is 6.09 Å². The lowest BCUT2D eigenvalue weighted by Crippen LogP contribution is -2.49. The predicted molar refractivity (Wildman–Crippen MR) is 107 cm³/mol. The van der Waals surface area contributed by atoms with Crippen LogP contribution in [0.15, 0.2) is 17.4 Å². The monoisotopic (exact) mass is 425 g/mol. The first kappa shape index (κ1) is 21.8. The van der Waals surface area contributed by atoms with Crippen LogP contribution in [0.25, 0.3) is 0 Å². The van der Waals surface area contributed by atoms with Crippen molar-refractivity contribution in [2.75, 3.05) is 26.0 Å². The first-order valence-electron chi connectivity index (χ1n) is 10.3. The molecule has 1 aliphatic carbocycles. The standard InChI is InChI=1S/C20H31N3O5S/c1-15(2)28-19(24)23-8-6-20(7-9-23)11-16(12-20)5-4-10-27-17-13-22-18(14-21-17)29(3,25)26/h13-16H,4-12H2,1-3H3. The lowest BCUT2D eigenvalue weighted by Gasteiger charge is -2.52. The van der Waals surface area contributed by atoms with E-state index in [1.54, 1.807) is 0 Å². The Morgan fingerprint density at radius 3 is 2.48 bits per heavy atom. The molecule has 1 aromatic rings. The average Bonchev–Trinajstić information content (AvgIpc) is 2.63. The maximum Gasteiger partial charge on any atom is 0.410 e. The van der Waals surface area contributed by atoms with Gasteiger partial charge in [0.15, 0.2) is 14.9 Å². The highest BCUT2D eigenvalue weighted by Gasteiger charge is 2.46. The fraction of sp³-hybridized carbons (Fsp3) is 0.750. The third kappa shape index (κ3) is 5.81. The Kier molecular flexibility index (Phi) is 6.65. The third-order valence-electron chi connectivity index (χ3n) is 5.85. The number of carbonyl (C=O) groups excluding carboxylic acids is 1. The molecule has 2 heterocycles. The Morgan fingerprint density at radius 1 is 1.24 bits per heavy atom. The van der Waals surface area contributed by atoms with E-state index in [0.29, 0.717) is 23.8 Å². The van der Waals surface area contributed by atoms with E-state index < -0.39 is 9.84 Å². The number of carbonyl (C=O) groups is 1. The van der Waals surface area contributed by atoms with Gasteiger partial charge in [-0.05, 0) is 63.7 Å². The highest BCUT2D eigenvalue weighted by Crippen LogP contribution is 2.54. The molecule has 0 aromatic carbocycles. The van der Waals surface area contributed by atoms with Gasteiger partial charge in [0.2, 0.25) is 5.88 Å². The van der Waals surface area contributed by atoms with Crippen molar-refractivity contribution in [2.24, 2.45) is 11.3 Å². The van der Waals surface area contributed by atoms with Crippen LogP contribution in [0.1, 0.15) is 52.4 Å². The van der Waals surface area contributed by atoms with Crippen LogP contribution in [-0.4, -0.2) is 61.4 Å². The number of sulfone groups is 1. The topological polar surface area (TPSA) is 98.7 Å². The summed E-state index contributed by atoms with van der Waals surface area (Å²) < 4.78 is 33.6. The molecule has 8 nitrogen and oxygen atoms in total. The minimum Gasteiger partial charge on any atom is -0.477 e. The zero-order chi connectivity index (χ0) is 21.1. The summed E-state index contributed by atoms with van der Waals surface area (Å²) in [7, 11) is -3.34. The number of ether oxygens (including phenoxy) is 2. The van der Waals surface area contributed by atoms with Gasteiger partial charge in [-0.1, -0.05) is 0 Å². The van der Waals surface area contributed by atoms with Crippen molar-refractivity contribution >= 4 is 15.9 Å². The summed E-state index contributed by atoms with van der Waals surface area (Å²) in [6.45, 7) is 5.89. The molecule has 1 spiro atoms. The number of rotatable bonds is 7. The van der Waals surface area contributed by atoms with E-state index in [4.69, 9.17) is 9.47 Å². The first-order valence-corrected chi connectivity index (χ1v) is 12.2. The van der Waals surface area contributed by atoms with Crippen molar-refractivity contribution in [3.63, 3.8) is 0 Å². The molecular weight excluding hydrogens is 394 g/mol. The zero-order valence-electron chi connectivity index (χ0n) is 17.5. The van der Waals surface area contributed by atoms with Crippen molar-refractivity contribution < 1.29 is 22.7 Å². The van der Waals surface area contributed by atoms with Crippen LogP contribution < -0.4 is 4.74 Å². The number of piperidine rings is 1. The summed E-state index contributed by atoms with van der Waals surface area (Å²) in [6, 6.07) is 0. The average molecular weight is 426 g/mol. The number of amides is 1. The summed E-state index contributed by atoms with van der Waals surface area (Å²) in [5.74, 6) is 1.06. The SMILES string of the molecule is CC(C)OC(=O)N1CCC2(CC1)CC(CCCOc1cnc(S(C)(=O)=O)cn1)C2. The van der Waals surface area contributed by atoms with Crippen molar-refractivity contribution in [2.45, 2.75) is 63.5 Å². The van der Waals surface area contributed by atoms with Crippen molar-refractivity contribution in [1.82, 2.24) is 14.9 Å². The number of aromatic nitrogens is 2. The van der Waals surface area contributed by atoms with Crippen molar-refractivity contribution in [3.8, 4) is 5.88 Å². The molecule has 2 fully saturated rings. The Morgan fingerprint density at radius 2 is 1.93 bits per heavy atom. The molecule has 0 N–H and O–H groups in total. The fourth-order valence-corrected chi connectivity index (χ4v) is 4.82. The van der Waals surface area contributed by atoms with E-state index in [-0.39, 0.29) is 17.2 Å². The molecule has 1 saturated carbocycles. The molecule has 0 unspecified atom stereocenters. The molecular formula is C20H31N3O5S. The summed E-state index contributed by atoms with van der Waals surface area (Å²) in [4.78, 5) is 21.7. The van der Waals surface area contributed by atoms with Gasteiger partial charge in [-0.15, -0.1) is 0 Å². The second kappa shape index (κ2) is 8.85. The number of hydrogen-bond acceptors (Lipinski definition) is 7. The van der Waals surface area contributed by atoms with Crippen LogP contribution in [0.5, 0.6) is 5.88 Å². The van der Waals surface area contributed by atoms with Gasteiger partial charge in [0.05, 0.1) is 25.1 Å². The smallest absolute Gasteiger partial charge is 0.410 e. The Balaban J connectivity index is 1.31. The van der Waals surface area contributed by atoms with E-state index in [1.165, 1.54) is 25.2 Å². The highest BCUT2D eigenvalue weighted by molar-refractivity contribution is 7.90. The normalized spacial score (nSPS) is 19.2. The maximum atomic E-state index is 12.0. The maximum absolute atomic E-state index is 12.0. The van der Waals surface area contributed by atoms with Gasteiger partial charge in [0.1, 0.15) is 0 Å². The van der Waals surface area contributed by atoms with Gasteiger partial charge in [-0.25, -0.2) is 23.2 Å². The van der Waals surface area contributed by atoms with E-state index >= 15 is 0 Å². The first-order chi connectivity index (χ1) is 13.7. The summed E-state index contributed by atoms with van der Waals surface area (Å²) in [5, 5.41) is -0.0480. The lowest BCUT2D eigenvalue weighted by molar-refractivity contribution is -0.0204. The fourth-order valence-electron chi connectivity index (χ4n) is 4.34. The number of likely N-dealkylation sites (tertiary alicyclic amines) is 1. The van der Waals surface area contributed by atoms with Crippen molar-refractivity contribution in [3.05, 3.63) is 12.4 Å². The molecule has 1 saturated heterocycles. The Labute approximate surface area is 172 Å². The van der Waals surface area contributed by atoms with E-state index in [9.17, 15) is 13.2 Å². The minimum absolute atomic E-state index is 0.0480. The van der Waals surface area contributed by atoms with Crippen LogP contribution in [0, 0.1) is 11.3 Å². The van der Waals surface area contributed by atoms with E-state index in [1.807, 2.05) is 18.7 Å². The summed E-state index contributed by atoms with van der Waals surface area (Å²) in [5.41, 5.74) is 0.410. The Bertz CT molecular complexity index is 794. The summed E-state index contributed by atoms with van der Waals surface area (Å²) >= 11 is 0. The van der Waals surface area contributed by atoms with Gasteiger partial charge < -0.3 is 14.4 Å². The van der Waals surface area contributed by atoms with Crippen molar-refractivity contribution in [1.29, 1.82) is 0 Å².